The Morgan fingerprint density at radius 3 is 2.57 bits per heavy atom. The van der Waals surface area contributed by atoms with Crippen LogP contribution in [0.4, 0.5) is 11.4 Å². The molecule has 1 saturated heterocycles. The molecule has 8 heteroatoms. The van der Waals surface area contributed by atoms with E-state index in [4.69, 9.17) is 0 Å². The van der Waals surface area contributed by atoms with Gasteiger partial charge in [0.15, 0.2) is 0 Å². The number of piperidine rings is 1. The molecule has 116 valence electrons. The normalized spacial score (nSPS) is 19.1. The topological polar surface area (TPSA) is 101 Å². The SMILES string of the molecule is O=[N+]([O-])c1ccc(NS(=O)(=O)CCC2CCCCN2)cc1. The van der Waals surface area contributed by atoms with E-state index in [9.17, 15) is 18.5 Å². The molecule has 0 bridgehead atoms. The summed E-state index contributed by atoms with van der Waals surface area (Å²) in [5.74, 6) is 0.0433. The summed E-state index contributed by atoms with van der Waals surface area (Å²) in [4.78, 5) is 10.0. The van der Waals surface area contributed by atoms with Gasteiger partial charge < -0.3 is 5.32 Å². The monoisotopic (exact) mass is 313 g/mol. The molecular weight excluding hydrogens is 294 g/mol. The lowest BCUT2D eigenvalue weighted by atomic mass is 10.0. The molecule has 0 spiro atoms. The van der Waals surface area contributed by atoms with Crippen molar-refractivity contribution in [1.82, 2.24) is 5.32 Å². The maximum absolute atomic E-state index is 12.0. The van der Waals surface area contributed by atoms with Crippen molar-refractivity contribution in [3.63, 3.8) is 0 Å². The molecule has 1 aliphatic heterocycles. The van der Waals surface area contributed by atoms with E-state index in [1.165, 1.54) is 24.3 Å². The minimum absolute atomic E-state index is 0.0433. The van der Waals surface area contributed by atoms with Crippen molar-refractivity contribution in [3.8, 4) is 0 Å². The number of benzene rings is 1. The molecule has 0 aliphatic carbocycles. The van der Waals surface area contributed by atoms with Gasteiger partial charge in [0.1, 0.15) is 0 Å². The van der Waals surface area contributed by atoms with Crippen LogP contribution in [-0.2, 0) is 10.0 Å². The number of nitrogens with zero attached hydrogens (tertiary/aromatic N) is 1. The number of nitrogens with one attached hydrogen (secondary N) is 2. The first-order chi connectivity index (χ1) is 9.96. The van der Waals surface area contributed by atoms with E-state index in [-0.39, 0.29) is 17.5 Å². The first-order valence-electron chi connectivity index (χ1n) is 6.94. The lowest BCUT2D eigenvalue weighted by Crippen LogP contribution is -2.36. The van der Waals surface area contributed by atoms with Crippen LogP contribution < -0.4 is 10.0 Å². The van der Waals surface area contributed by atoms with Crippen LogP contribution in [0.25, 0.3) is 0 Å². The lowest BCUT2D eigenvalue weighted by molar-refractivity contribution is -0.384. The average Bonchev–Trinajstić information content (AvgIpc) is 2.46. The molecule has 0 aromatic heterocycles. The molecule has 1 unspecified atom stereocenters. The molecule has 7 nitrogen and oxygen atoms in total. The van der Waals surface area contributed by atoms with E-state index in [0.717, 1.165) is 25.8 Å². The van der Waals surface area contributed by atoms with Gasteiger partial charge in [-0.2, -0.15) is 0 Å². The van der Waals surface area contributed by atoms with Gasteiger partial charge in [0.05, 0.1) is 10.7 Å². The first-order valence-corrected chi connectivity index (χ1v) is 8.60. The Labute approximate surface area is 123 Å². The molecule has 0 radical (unpaired) electrons. The molecule has 1 aromatic rings. The van der Waals surface area contributed by atoms with Gasteiger partial charge in [-0.05, 0) is 37.9 Å². The van der Waals surface area contributed by atoms with Crippen LogP contribution in [0.15, 0.2) is 24.3 Å². The molecular formula is C13H19N3O4S. The molecule has 0 saturated carbocycles. The number of hydrogen-bond donors (Lipinski definition) is 2. The van der Waals surface area contributed by atoms with Gasteiger partial charge >= 0.3 is 0 Å². The molecule has 2 rings (SSSR count). The zero-order valence-electron chi connectivity index (χ0n) is 11.6. The number of non-ortho nitro benzene ring substituents is 1. The van der Waals surface area contributed by atoms with E-state index in [2.05, 4.69) is 10.0 Å². The Balaban J connectivity index is 1.89. The molecule has 1 fully saturated rings. The van der Waals surface area contributed by atoms with Crippen molar-refractivity contribution in [3.05, 3.63) is 34.4 Å². The van der Waals surface area contributed by atoms with Crippen molar-refractivity contribution in [2.24, 2.45) is 0 Å². The van der Waals surface area contributed by atoms with Crippen LogP contribution in [0, 0.1) is 10.1 Å². The Hall–Kier alpha value is -1.67. The molecule has 1 aliphatic rings. The minimum atomic E-state index is -3.43. The van der Waals surface area contributed by atoms with Crippen molar-refractivity contribution in [2.45, 2.75) is 31.7 Å². The lowest BCUT2D eigenvalue weighted by Gasteiger charge is -2.23. The van der Waals surface area contributed by atoms with Crippen molar-refractivity contribution < 1.29 is 13.3 Å². The van der Waals surface area contributed by atoms with Crippen LogP contribution in [0.1, 0.15) is 25.7 Å². The summed E-state index contributed by atoms with van der Waals surface area (Å²) in [6.45, 7) is 0.945. The third-order valence-electron chi connectivity index (χ3n) is 3.50. The highest BCUT2D eigenvalue weighted by Crippen LogP contribution is 2.17. The number of anilines is 1. The summed E-state index contributed by atoms with van der Waals surface area (Å²) in [5, 5.41) is 13.8. The van der Waals surface area contributed by atoms with Gasteiger partial charge in [-0.1, -0.05) is 6.42 Å². The van der Waals surface area contributed by atoms with Crippen molar-refractivity contribution in [2.75, 3.05) is 17.0 Å². The standard InChI is InChI=1S/C13H19N3O4S/c17-16(18)13-6-4-12(5-7-13)15-21(19,20)10-8-11-3-1-2-9-14-11/h4-7,11,14-15H,1-3,8-10H2. The maximum Gasteiger partial charge on any atom is 0.269 e. The fourth-order valence-electron chi connectivity index (χ4n) is 2.35. The fraction of sp³-hybridized carbons (Fsp3) is 0.538. The summed E-state index contributed by atoms with van der Waals surface area (Å²) >= 11 is 0. The second kappa shape index (κ2) is 6.86. The number of nitro benzene ring substituents is 1. The summed E-state index contributed by atoms with van der Waals surface area (Å²) in [5.41, 5.74) is 0.279. The van der Waals surface area contributed by atoms with E-state index in [1.807, 2.05) is 0 Å². The molecule has 2 N–H and O–H groups in total. The predicted octanol–water partition coefficient (Wildman–Crippen LogP) is 1.87. The first kappa shape index (κ1) is 15.7. The smallest absolute Gasteiger partial charge is 0.269 e. The van der Waals surface area contributed by atoms with Crippen LogP contribution in [0.5, 0.6) is 0 Å². The van der Waals surface area contributed by atoms with E-state index in [0.29, 0.717) is 12.1 Å². The highest BCUT2D eigenvalue weighted by atomic mass is 32.2. The van der Waals surface area contributed by atoms with Crippen molar-refractivity contribution >= 4 is 21.4 Å². The van der Waals surface area contributed by atoms with Crippen LogP contribution in [-0.4, -0.2) is 31.7 Å². The highest BCUT2D eigenvalue weighted by molar-refractivity contribution is 7.92. The second-order valence-corrected chi connectivity index (χ2v) is 7.00. The third kappa shape index (κ3) is 4.98. The quantitative estimate of drug-likeness (QED) is 0.616. The van der Waals surface area contributed by atoms with Gasteiger partial charge in [-0.25, -0.2) is 8.42 Å². The summed E-state index contributed by atoms with van der Waals surface area (Å²) in [7, 11) is -3.43. The molecule has 0 amide bonds. The number of sulfonamides is 1. The fourth-order valence-corrected chi connectivity index (χ4v) is 3.54. The largest absolute Gasteiger partial charge is 0.314 e. The van der Waals surface area contributed by atoms with Crippen molar-refractivity contribution in [1.29, 1.82) is 0 Å². The van der Waals surface area contributed by atoms with E-state index < -0.39 is 14.9 Å². The molecule has 21 heavy (non-hydrogen) atoms. The van der Waals surface area contributed by atoms with Crippen LogP contribution in [0.3, 0.4) is 0 Å². The van der Waals surface area contributed by atoms with E-state index in [1.54, 1.807) is 0 Å². The summed E-state index contributed by atoms with van der Waals surface area (Å²) in [6.07, 6.45) is 3.85. The van der Waals surface area contributed by atoms with Gasteiger partial charge in [-0.15, -0.1) is 0 Å². The minimum Gasteiger partial charge on any atom is -0.314 e. The average molecular weight is 313 g/mol. The predicted molar refractivity (Wildman–Crippen MR) is 80.8 cm³/mol. The zero-order chi connectivity index (χ0) is 15.3. The van der Waals surface area contributed by atoms with E-state index >= 15 is 0 Å². The van der Waals surface area contributed by atoms with Gasteiger partial charge in [0.25, 0.3) is 5.69 Å². The maximum atomic E-state index is 12.0. The third-order valence-corrected chi connectivity index (χ3v) is 4.82. The summed E-state index contributed by atoms with van der Waals surface area (Å²) < 4.78 is 26.4. The number of hydrogen-bond acceptors (Lipinski definition) is 5. The molecule has 1 heterocycles. The Bertz CT molecular complexity index is 580. The number of nitro groups is 1. The van der Waals surface area contributed by atoms with Crippen LogP contribution >= 0.6 is 0 Å². The van der Waals surface area contributed by atoms with Gasteiger partial charge in [-0.3, -0.25) is 14.8 Å². The Kier molecular flexibility index (Phi) is 5.13. The number of rotatable bonds is 6. The summed E-state index contributed by atoms with van der Waals surface area (Å²) in [6, 6.07) is 5.61. The Morgan fingerprint density at radius 2 is 2.00 bits per heavy atom. The Morgan fingerprint density at radius 1 is 1.29 bits per heavy atom. The molecule has 1 aromatic carbocycles. The van der Waals surface area contributed by atoms with Gasteiger partial charge in [0.2, 0.25) is 10.0 Å². The zero-order valence-corrected chi connectivity index (χ0v) is 12.4. The van der Waals surface area contributed by atoms with Gasteiger partial charge in [0, 0.05) is 23.9 Å². The molecule has 1 atom stereocenters. The van der Waals surface area contributed by atoms with Crippen LogP contribution in [0.2, 0.25) is 0 Å². The highest BCUT2D eigenvalue weighted by Gasteiger charge is 2.17. The second-order valence-electron chi connectivity index (χ2n) is 5.16.